The molecule has 4 rings (SSSR count). The van der Waals surface area contributed by atoms with Crippen molar-refractivity contribution in [2.24, 2.45) is 0 Å². The van der Waals surface area contributed by atoms with Crippen molar-refractivity contribution >= 4 is 29.1 Å². The molecular weight excluding hydrogens is 391 g/mol. The van der Waals surface area contributed by atoms with Crippen LogP contribution in [0.3, 0.4) is 0 Å². The summed E-state index contributed by atoms with van der Waals surface area (Å²) in [5.41, 5.74) is 3.71. The summed E-state index contributed by atoms with van der Waals surface area (Å²) in [5.74, 6) is 0.131. The van der Waals surface area contributed by atoms with Crippen LogP contribution in [-0.4, -0.2) is 47.9 Å². The largest absolute Gasteiger partial charge is 0.341 e. The van der Waals surface area contributed by atoms with Crippen LogP contribution in [0, 0.1) is 0 Å². The molecule has 1 saturated heterocycles. The number of halogens is 2. The number of likely N-dealkylation sites (N-methyl/N-ethyl adjacent to an activating group) is 1. The van der Waals surface area contributed by atoms with Crippen LogP contribution in [0.2, 0.25) is 10.0 Å². The smallest absolute Gasteiger partial charge is 0.227 e. The fourth-order valence-corrected chi connectivity index (χ4v) is 4.97. The molecule has 2 atom stereocenters. The topological polar surface area (TPSA) is 23.6 Å². The van der Waals surface area contributed by atoms with Crippen LogP contribution in [0.1, 0.15) is 29.5 Å². The molecule has 0 unspecified atom stereocenters. The van der Waals surface area contributed by atoms with E-state index >= 15 is 0 Å². The van der Waals surface area contributed by atoms with Gasteiger partial charge in [0.2, 0.25) is 5.91 Å². The maximum atomic E-state index is 13.1. The number of benzene rings is 2. The van der Waals surface area contributed by atoms with Gasteiger partial charge in [0, 0.05) is 13.1 Å². The van der Waals surface area contributed by atoms with Crippen LogP contribution in [-0.2, 0) is 24.1 Å². The third kappa shape index (κ3) is 4.07. The van der Waals surface area contributed by atoms with Crippen LogP contribution in [0.25, 0.3) is 0 Å². The first-order valence-corrected chi connectivity index (χ1v) is 10.8. The molecular formula is C23H26Cl2N2O. The van der Waals surface area contributed by atoms with E-state index in [1.807, 2.05) is 18.0 Å². The molecule has 1 fully saturated rings. The summed E-state index contributed by atoms with van der Waals surface area (Å²) in [5, 5.41) is 1.01. The number of amides is 1. The molecule has 2 aromatic carbocycles. The van der Waals surface area contributed by atoms with Crippen molar-refractivity contribution in [1.82, 2.24) is 9.80 Å². The first-order chi connectivity index (χ1) is 13.5. The molecule has 2 aromatic rings. The normalized spacial score (nSPS) is 22.1. The van der Waals surface area contributed by atoms with Gasteiger partial charge in [-0.1, -0.05) is 53.5 Å². The number of carbonyl (C=O) groups is 1. The predicted octanol–water partition coefficient (Wildman–Crippen LogP) is 4.63. The van der Waals surface area contributed by atoms with Crippen LogP contribution in [0.5, 0.6) is 0 Å². The Morgan fingerprint density at radius 1 is 1.04 bits per heavy atom. The lowest BCUT2D eigenvalue weighted by atomic mass is 9.83. The van der Waals surface area contributed by atoms with Gasteiger partial charge in [0.1, 0.15) is 0 Å². The van der Waals surface area contributed by atoms with Crippen LogP contribution in [0.15, 0.2) is 42.5 Å². The lowest BCUT2D eigenvalue weighted by molar-refractivity contribution is -0.132. The van der Waals surface area contributed by atoms with E-state index < -0.39 is 0 Å². The van der Waals surface area contributed by atoms with E-state index in [1.165, 1.54) is 24.0 Å². The molecule has 0 spiro atoms. The van der Waals surface area contributed by atoms with Gasteiger partial charge < -0.3 is 4.90 Å². The van der Waals surface area contributed by atoms with E-state index in [9.17, 15) is 4.79 Å². The first kappa shape index (κ1) is 19.8. The Morgan fingerprint density at radius 2 is 1.71 bits per heavy atom. The monoisotopic (exact) mass is 416 g/mol. The molecule has 0 radical (unpaired) electrons. The van der Waals surface area contributed by atoms with Gasteiger partial charge in [-0.05, 0) is 67.6 Å². The number of hydrogen-bond donors (Lipinski definition) is 0. The van der Waals surface area contributed by atoms with E-state index in [0.717, 1.165) is 31.5 Å². The number of carbonyl (C=O) groups excluding carboxylic acids is 1. The average molecular weight is 417 g/mol. The zero-order chi connectivity index (χ0) is 19.7. The molecule has 0 N–H and O–H groups in total. The molecule has 1 aliphatic carbocycles. The Kier molecular flexibility index (Phi) is 5.96. The van der Waals surface area contributed by atoms with Gasteiger partial charge >= 0.3 is 0 Å². The summed E-state index contributed by atoms with van der Waals surface area (Å²) < 4.78 is 0. The summed E-state index contributed by atoms with van der Waals surface area (Å²) in [6, 6.07) is 14.7. The Balaban J connectivity index is 1.55. The second-order valence-corrected chi connectivity index (χ2v) is 8.80. The molecule has 3 nitrogen and oxygen atoms in total. The van der Waals surface area contributed by atoms with E-state index in [-0.39, 0.29) is 11.9 Å². The Hall–Kier alpha value is -1.55. The van der Waals surface area contributed by atoms with Crippen molar-refractivity contribution in [3.05, 3.63) is 69.2 Å². The summed E-state index contributed by atoms with van der Waals surface area (Å²) in [6.07, 6.45) is 4.79. The van der Waals surface area contributed by atoms with Gasteiger partial charge in [-0.2, -0.15) is 0 Å². The SMILES string of the molecule is CN(C(=O)Cc1ccc(Cl)c(Cl)c1)[C@@H]1Cc2ccccc2C[C@H]1N1CCCC1. The molecule has 1 aliphatic heterocycles. The highest BCUT2D eigenvalue weighted by Crippen LogP contribution is 2.30. The number of fused-ring (bicyclic) bond motifs is 1. The van der Waals surface area contributed by atoms with Crippen molar-refractivity contribution in [1.29, 1.82) is 0 Å². The highest BCUT2D eigenvalue weighted by atomic mass is 35.5. The summed E-state index contributed by atoms with van der Waals surface area (Å²) in [4.78, 5) is 17.7. The molecule has 5 heteroatoms. The molecule has 28 heavy (non-hydrogen) atoms. The summed E-state index contributed by atoms with van der Waals surface area (Å²) >= 11 is 12.1. The zero-order valence-electron chi connectivity index (χ0n) is 16.2. The van der Waals surface area contributed by atoms with E-state index in [4.69, 9.17) is 23.2 Å². The van der Waals surface area contributed by atoms with Crippen molar-refractivity contribution < 1.29 is 4.79 Å². The maximum absolute atomic E-state index is 13.1. The minimum absolute atomic E-state index is 0.131. The number of nitrogens with zero attached hydrogens (tertiary/aromatic N) is 2. The highest BCUT2D eigenvalue weighted by Gasteiger charge is 2.37. The van der Waals surface area contributed by atoms with Gasteiger partial charge in [0.15, 0.2) is 0 Å². The van der Waals surface area contributed by atoms with Crippen LogP contribution < -0.4 is 0 Å². The lowest BCUT2D eigenvalue weighted by Gasteiger charge is -2.43. The molecule has 148 valence electrons. The molecule has 2 aliphatic rings. The van der Waals surface area contributed by atoms with Crippen molar-refractivity contribution in [2.45, 2.75) is 44.2 Å². The second-order valence-electron chi connectivity index (χ2n) is 7.98. The molecule has 0 bridgehead atoms. The maximum Gasteiger partial charge on any atom is 0.227 e. The number of rotatable bonds is 4. The standard InChI is InChI=1S/C23H26Cl2N2O/c1-26(23(28)13-16-8-9-19(24)20(25)12-16)21-14-17-6-2-3-7-18(17)15-22(21)27-10-4-5-11-27/h2-3,6-9,12,21-22H,4-5,10-11,13-15H2,1H3/t21-,22-/m1/s1. The fourth-order valence-electron chi connectivity index (χ4n) is 4.65. The Morgan fingerprint density at radius 3 is 2.39 bits per heavy atom. The number of hydrogen-bond acceptors (Lipinski definition) is 2. The van der Waals surface area contributed by atoms with E-state index in [0.29, 0.717) is 22.5 Å². The fraction of sp³-hybridized carbons (Fsp3) is 0.435. The van der Waals surface area contributed by atoms with Gasteiger partial charge in [-0.15, -0.1) is 0 Å². The van der Waals surface area contributed by atoms with Crippen LogP contribution >= 0.6 is 23.2 Å². The second kappa shape index (κ2) is 8.44. The van der Waals surface area contributed by atoms with E-state index in [1.54, 1.807) is 12.1 Å². The third-order valence-electron chi connectivity index (χ3n) is 6.26. The first-order valence-electron chi connectivity index (χ1n) is 10.0. The average Bonchev–Trinajstić information content (AvgIpc) is 3.24. The Bertz CT molecular complexity index is 863. The van der Waals surface area contributed by atoms with Gasteiger partial charge in [0.05, 0.1) is 22.5 Å². The minimum atomic E-state index is 0.131. The van der Waals surface area contributed by atoms with Gasteiger partial charge in [0.25, 0.3) is 0 Å². The third-order valence-corrected chi connectivity index (χ3v) is 7.00. The molecule has 0 aromatic heterocycles. The van der Waals surface area contributed by atoms with Crippen molar-refractivity contribution in [3.63, 3.8) is 0 Å². The van der Waals surface area contributed by atoms with Crippen molar-refractivity contribution in [2.75, 3.05) is 20.1 Å². The van der Waals surface area contributed by atoms with Gasteiger partial charge in [-0.25, -0.2) is 0 Å². The minimum Gasteiger partial charge on any atom is -0.341 e. The summed E-state index contributed by atoms with van der Waals surface area (Å²) in [6.45, 7) is 2.27. The van der Waals surface area contributed by atoms with Crippen LogP contribution in [0.4, 0.5) is 0 Å². The van der Waals surface area contributed by atoms with Crippen molar-refractivity contribution in [3.8, 4) is 0 Å². The molecule has 1 heterocycles. The molecule has 0 saturated carbocycles. The lowest BCUT2D eigenvalue weighted by Crippen LogP contribution is -2.55. The zero-order valence-corrected chi connectivity index (χ0v) is 17.7. The van der Waals surface area contributed by atoms with Gasteiger partial charge in [-0.3, -0.25) is 9.69 Å². The molecule has 1 amide bonds. The number of likely N-dealkylation sites (tertiary alicyclic amines) is 1. The predicted molar refractivity (Wildman–Crippen MR) is 115 cm³/mol. The Labute approximate surface area is 177 Å². The quantitative estimate of drug-likeness (QED) is 0.725. The highest BCUT2D eigenvalue weighted by molar-refractivity contribution is 6.42. The summed E-state index contributed by atoms with van der Waals surface area (Å²) in [7, 11) is 1.96. The van der Waals surface area contributed by atoms with E-state index in [2.05, 4.69) is 29.2 Å².